The topological polar surface area (TPSA) is 38.2 Å². The summed E-state index contributed by atoms with van der Waals surface area (Å²) >= 11 is 1.68. The van der Waals surface area contributed by atoms with E-state index in [2.05, 4.69) is 82.6 Å². The highest BCUT2D eigenvalue weighted by atomic mass is 32.1. The van der Waals surface area contributed by atoms with Gasteiger partial charge in [-0.3, -0.25) is 0 Å². The van der Waals surface area contributed by atoms with Gasteiger partial charge in [-0.2, -0.15) is 0 Å². The lowest BCUT2D eigenvalue weighted by molar-refractivity contribution is -0.00537. The Hall–Kier alpha value is -2.76. The lowest BCUT2D eigenvalue weighted by Crippen LogP contribution is -2.45. The maximum Gasteiger partial charge on any atom is 0.141 e. The number of ether oxygens (including phenoxy) is 1. The standard InChI is InChI=1S/C24H23N3OS/c1-16-12-27(13-17(2)28-16)23-22-21(14-29-24(22)26-15-25-23)20-10-8-19(9-11-20)18-6-4-3-5-7-18/h3-11,14-17H,12-13H2,1-2H3. The Morgan fingerprint density at radius 1 is 0.862 bits per heavy atom. The molecule has 4 aromatic rings. The van der Waals surface area contributed by atoms with Gasteiger partial charge in [0.05, 0.1) is 17.6 Å². The zero-order valence-corrected chi connectivity index (χ0v) is 17.4. The second kappa shape index (κ2) is 7.58. The summed E-state index contributed by atoms with van der Waals surface area (Å²) in [5, 5.41) is 3.35. The normalized spacial score (nSPS) is 19.6. The van der Waals surface area contributed by atoms with Crippen molar-refractivity contribution >= 4 is 27.4 Å². The third kappa shape index (κ3) is 3.52. The average Bonchev–Trinajstić information content (AvgIpc) is 3.18. The van der Waals surface area contributed by atoms with E-state index in [-0.39, 0.29) is 12.2 Å². The molecule has 146 valence electrons. The number of anilines is 1. The van der Waals surface area contributed by atoms with Crippen LogP contribution in [0.1, 0.15) is 13.8 Å². The fourth-order valence-corrected chi connectivity index (χ4v) is 5.05. The molecule has 5 rings (SSSR count). The Labute approximate surface area is 174 Å². The van der Waals surface area contributed by atoms with Crippen molar-refractivity contribution in [2.75, 3.05) is 18.0 Å². The average molecular weight is 402 g/mol. The Morgan fingerprint density at radius 3 is 2.24 bits per heavy atom. The second-order valence-electron chi connectivity index (χ2n) is 7.63. The number of morpholine rings is 1. The molecular formula is C24H23N3OS. The van der Waals surface area contributed by atoms with Crippen molar-refractivity contribution in [1.29, 1.82) is 0 Å². The van der Waals surface area contributed by atoms with E-state index in [0.717, 1.165) is 29.1 Å². The van der Waals surface area contributed by atoms with Gasteiger partial charge in [0, 0.05) is 24.0 Å². The van der Waals surface area contributed by atoms with Gasteiger partial charge in [-0.05, 0) is 30.5 Å². The molecule has 4 nitrogen and oxygen atoms in total. The summed E-state index contributed by atoms with van der Waals surface area (Å²) < 4.78 is 5.92. The van der Waals surface area contributed by atoms with E-state index < -0.39 is 0 Å². The van der Waals surface area contributed by atoms with Gasteiger partial charge in [0.2, 0.25) is 0 Å². The lowest BCUT2D eigenvalue weighted by atomic mass is 10.0. The number of aromatic nitrogens is 2. The molecule has 2 aromatic heterocycles. The van der Waals surface area contributed by atoms with Gasteiger partial charge in [0.25, 0.3) is 0 Å². The van der Waals surface area contributed by atoms with Crippen molar-refractivity contribution in [2.45, 2.75) is 26.1 Å². The van der Waals surface area contributed by atoms with Crippen molar-refractivity contribution in [3.8, 4) is 22.3 Å². The Balaban J connectivity index is 1.56. The summed E-state index contributed by atoms with van der Waals surface area (Å²) in [6, 6.07) is 19.3. The molecule has 2 unspecified atom stereocenters. The highest BCUT2D eigenvalue weighted by molar-refractivity contribution is 7.17. The van der Waals surface area contributed by atoms with Crippen LogP contribution < -0.4 is 4.90 Å². The van der Waals surface area contributed by atoms with E-state index in [4.69, 9.17) is 4.74 Å². The van der Waals surface area contributed by atoms with Crippen molar-refractivity contribution in [1.82, 2.24) is 9.97 Å². The van der Waals surface area contributed by atoms with Gasteiger partial charge in [-0.25, -0.2) is 9.97 Å². The van der Waals surface area contributed by atoms with E-state index in [1.807, 2.05) is 6.07 Å². The van der Waals surface area contributed by atoms with E-state index in [1.165, 1.54) is 22.3 Å². The number of rotatable bonds is 3. The molecule has 5 heteroatoms. The van der Waals surface area contributed by atoms with Gasteiger partial charge in [0.15, 0.2) is 0 Å². The first-order chi connectivity index (χ1) is 14.2. The molecule has 0 amide bonds. The number of hydrogen-bond acceptors (Lipinski definition) is 5. The molecule has 0 saturated carbocycles. The van der Waals surface area contributed by atoms with Crippen LogP contribution in [0.2, 0.25) is 0 Å². The number of thiophene rings is 1. The highest BCUT2D eigenvalue weighted by Gasteiger charge is 2.26. The van der Waals surface area contributed by atoms with Gasteiger partial charge in [0.1, 0.15) is 17.0 Å². The number of fused-ring (bicyclic) bond motifs is 1. The van der Waals surface area contributed by atoms with Crippen LogP contribution in [-0.4, -0.2) is 35.3 Å². The molecule has 2 aromatic carbocycles. The van der Waals surface area contributed by atoms with Crippen LogP contribution in [0.5, 0.6) is 0 Å². The zero-order valence-electron chi connectivity index (χ0n) is 16.6. The quantitative estimate of drug-likeness (QED) is 0.445. The molecule has 3 heterocycles. The van der Waals surface area contributed by atoms with Crippen molar-refractivity contribution in [3.05, 3.63) is 66.3 Å². The van der Waals surface area contributed by atoms with E-state index in [0.29, 0.717) is 0 Å². The summed E-state index contributed by atoms with van der Waals surface area (Å²) in [7, 11) is 0. The number of nitrogens with zero attached hydrogens (tertiary/aromatic N) is 3. The van der Waals surface area contributed by atoms with Crippen molar-refractivity contribution < 1.29 is 4.74 Å². The summed E-state index contributed by atoms with van der Waals surface area (Å²) in [5.41, 5.74) is 4.85. The number of hydrogen-bond donors (Lipinski definition) is 0. The minimum absolute atomic E-state index is 0.191. The first kappa shape index (κ1) is 18.3. The van der Waals surface area contributed by atoms with Crippen LogP contribution in [0.25, 0.3) is 32.5 Å². The van der Waals surface area contributed by atoms with Crippen LogP contribution in [0.4, 0.5) is 5.82 Å². The zero-order chi connectivity index (χ0) is 19.8. The molecular weight excluding hydrogens is 378 g/mol. The van der Waals surface area contributed by atoms with Crippen LogP contribution >= 0.6 is 11.3 Å². The fraction of sp³-hybridized carbons (Fsp3) is 0.250. The Bertz CT molecular complexity index is 1110. The molecule has 0 N–H and O–H groups in total. The summed E-state index contributed by atoms with van der Waals surface area (Å²) in [6.45, 7) is 5.94. The first-order valence-corrected chi connectivity index (χ1v) is 10.9. The molecule has 1 fully saturated rings. The molecule has 29 heavy (non-hydrogen) atoms. The SMILES string of the molecule is CC1CN(c2ncnc3scc(-c4ccc(-c5ccccc5)cc4)c23)CC(C)O1. The van der Waals surface area contributed by atoms with Crippen LogP contribution in [0, 0.1) is 0 Å². The van der Waals surface area contributed by atoms with Crippen molar-refractivity contribution in [2.24, 2.45) is 0 Å². The van der Waals surface area contributed by atoms with Crippen LogP contribution in [0.15, 0.2) is 66.3 Å². The largest absolute Gasteiger partial charge is 0.372 e. The molecule has 2 atom stereocenters. The number of benzene rings is 2. The highest BCUT2D eigenvalue weighted by Crippen LogP contribution is 2.39. The summed E-state index contributed by atoms with van der Waals surface area (Å²) in [5.74, 6) is 1.01. The lowest BCUT2D eigenvalue weighted by Gasteiger charge is -2.36. The monoisotopic (exact) mass is 401 g/mol. The molecule has 0 bridgehead atoms. The van der Waals surface area contributed by atoms with Gasteiger partial charge in [-0.15, -0.1) is 11.3 Å². The predicted molar refractivity (Wildman–Crippen MR) is 121 cm³/mol. The molecule has 1 saturated heterocycles. The minimum atomic E-state index is 0.191. The molecule has 0 spiro atoms. The maximum atomic E-state index is 5.92. The van der Waals surface area contributed by atoms with Gasteiger partial charge in [-0.1, -0.05) is 54.6 Å². The van der Waals surface area contributed by atoms with Gasteiger partial charge < -0.3 is 9.64 Å². The fourth-order valence-electron chi connectivity index (χ4n) is 4.14. The second-order valence-corrected chi connectivity index (χ2v) is 8.49. The molecule has 1 aliphatic rings. The Kier molecular flexibility index (Phi) is 4.78. The Morgan fingerprint density at radius 2 is 1.52 bits per heavy atom. The summed E-state index contributed by atoms with van der Waals surface area (Å²) in [4.78, 5) is 12.6. The van der Waals surface area contributed by atoms with E-state index in [9.17, 15) is 0 Å². The van der Waals surface area contributed by atoms with Crippen LogP contribution in [0.3, 0.4) is 0 Å². The maximum absolute atomic E-state index is 5.92. The predicted octanol–water partition coefficient (Wildman–Crippen LogP) is 5.64. The van der Waals surface area contributed by atoms with E-state index >= 15 is 0 Å². The smallest absolute Gasteiger partial charge is 0.141 e. The van der Waals surface area contributed by atoms with Crippen molar-refractivity contribution in [3.63, 3.8) is 0 Å². The minimum Gasteiger partial charge on any atom is -0.372 e. The first-order valence-electron chi connectivity index (χ1n) is 9.97. The molecule has 0 radical (unpaired) electrons. The third-order valence-electron chi connectivity index (χ3n) is 5.37. The van der Waals surface area contributed by atoms with E-state index in [1.54, 1.807) is 17.7 Å². The van der Waals surface area contributed by atoms with Gasteiger partial charge >= 0.3 is 0 Å². The molecule has 0 aliphatic carbocycles. The summed E-state index contributed by atoms with van der Waals surface area (Å²) in [6.07, 6.45) is 2.06. The third-order valence-corrected chi connectivity index (χ3v) is 6.26. The molecule has 1 aliphatic heterocycles. The van der Waals surface area contributed by atoms with Crippen LogP contribution in [-0.2, 0) is 4.74 Å².